The molecule has 2 aromatic carbocycles. The van der Waals surface area contributed by atoms with E-state index in [0.717, 1.165) is 22.5 Å². The molecule has 1 unspecified atom stereocenters. The predicted octanol–water partition coefficient (Wildman–Crippen LogP) is 5.12. The lowest BCUT2D eigenvalue weighted by Gasteiger charge is -2.15. The van der Waals surface area contributed by atoms with Gasteiger partial charge in [-0.25, -0.2) is 4.98 Å². The number of anilines is 2. The third kappa shape index (κ3) is 4.09. The first-order valence-electron chi connectivity index (χ1n) is 8.69. The second-order valence-corrected chi connectivity index (χ2v) is 6.41. The average molecular weight is 345 g/mol. The molecule has 1 amide bonds. The van der Waals surface area contributed by atoms with Crippen molar-refractivity contribution >= 4 is 17.3 Å². The molecule has 132 valence electrons. The van der Waals surface area contributed by atoms with E-state index < -0.39 is 0 Å². The summed E-state index contributed by atoms with van der Waals surface area (Å²) >= 11 is 0. The molecule has 0 saturated carbocycles. The molecule has 1 heterocycles. The van der Waals surface area contributed by atoms with Gasteiger partial charge in [-0.15, -0.1) is 0 Å². The van der Waals surface area contributed by atoms with Crippen LogP contribution in [0.25, 0.3) is 0 Å². The van der Waals surface area contributed by atoms with Crippen molar-refractivity contribution in [3.05, 3.63) is 89.2 Å². The van der Waals surface area contributed by atoms with Crippen LogP contribution in [0.3, 0.4) is 0 Å². The average Bonchev–Trinajstić information content (AvgIpc) is 2.66. The van der Waals surface area contributed by atoms with E-state index in [9.17, 15) is 4.79 Å². The highest BCUT2D eigenvalue weighted by Gasteiger charge is 2.11. The Labute approximate surface area is 154 Å². The van der Waals surface area contributed by atoms with E-state index in [1.54, 1.807) is 12.3 Å². The summed E-state index contributed by atoms with van der Waals surface area (Å²) in [5.41, 5.74) is 5.50. The second kappa shape index (κ2) is 7.83. The maximum absolute atomic E-state index is 12.4. The number of benzene rings is 2. The molecule has 26 heavy (non-hydrogen) atoms. The Morgan fingerprint density at radius 3 is 2.42 bits per heavy atom. The fraction of sp³-hybridized carbons (Fsp3) is 0.182. The van der Waals surface area contributed by atoms with Crippen LogP contribution in [0.4, 0.5) is 11.4 Å². The Morgan fingerprint density at radius 2 is 1.73 bits per heavy atom. The van der Waals surface area contributed by atoms with Crippen LogP contribution in [-0.2, 0) is 0 Å². The van der Waals surface area contributed by atoms with Crippen molar-refractivity contribution in [3.8, 4) is 0 Å². The van der Waals surface area contributed by atoms with Crippen LogP contribution in [0.2, 0.25) is 0 Å². The third-order valence-corrected chi connectivity index (χ3v) is 4.53. The fourth-order valence-electron chi connectivity index (χ4n) is 2.76. The molecule has 0 aliphatic carbocycles. The van der Waals surface area contributed by atoms with E-state index >= 15 is 0 Å². The Kier molecular flexibility index (Phi) is 5.32. The summed E-state index contributed by atoms with van der Waals surface area (Å²) in [7, 11) is 0. The number of hydrogen-bond acceptors (Lipinski definition) is 3. The number of nitrogens with one attached hydrogen (secondary N) is 2. The Hall–Kier alpha value is -3.14. The highest BCUT2D eigenvalue weighted by Crippen LogP contribution is 2.20. The lowest BCUT2D eigenvalue weighted by molar-refractivity contribution is 0.102. The zero-order valence-corrected chi connectivity index (χ0v) is 15.3. The van der Waals surface area contributed by atoms with Crippen LogP contribution in [0.5, 0.6) is 0 Å². The first-order valence-corrected chi connectivity index (χ1v) is 8.69. The zero-order valence-electron chi connectivity index (χ0n) is 15.3. The van der Waals surface area contributed by atoms with Crippen molar-refractivity contribution in [2.75, 3.05) is 10.6 Å². The Balaban J connectivity index is 1.67. The van der Waals surface area contributed by atoms with Crippen molar-refractivity contribution in [3.63, 3.8) is 0 Å². The molecule has 0 radical (unpaired) electrons. The highest BCUT2D eigenvalue weighted by atomic mass is 16.1. The number of aryl methyl sites for hydroxylation is 1. The molecular weight excluding hydrogens is 322 g/mol. The van der Waals surface area contributed by atoms with Gasteiger partial charge in [-0.2, -0.15) is 0 Å². The van der Waals surface area contributed by atoms with E-state index in [2.05, 4.69) is 34.7 Å². The van der Waals surface area contributed by atoms with Gasteiger partial charge in [-0.3, -0.25) is 4.79 Å². The maximum atomic E-state index is 12.4. The van der Waals surface area contributed by atoms with Gasteiger partial charge in [0.15, 0.2) is 0 Å². The van der Waals surface area contributed by atoms with Gasteiger partial charge in [0, 0.05) is 11.7 Å². The van der Waals surface area contributed by atoms with Crippen LogP contribution in [-0.4, -0.2) is 10.9 Å². The molecular formula is C22H23N3O. The summed E-state index contributed by atoms with van der Waals surface area (Å²) in [4.78, 5) is 16.7. The minimum Gasteiger partial charge on any atom is -0.377 e. The van der Waals surface area contributed by atoms with Crippen LogP contribution in [0.15, 0.2) is 66.9 Å². The number of carbonyl (C=O) groups is 1. The molecule has 0 fully saturated rings. The Morgan fingerprint density at radius 1 is 0.962 bits per heavy atom. The normalized spacial score (nSPS) is 11.7. The molecule has 3 rings (SSSR count). The number of hydrogen-bond donors (Lipinski definition) is 2. The van der Waals surface area contributed by atoms with E-state index in [1.807, 2.05) is 56.3 Å². The van der Waals surface area contributed by atoms with E-state index in [0.29, 0.717) is 5.69 Å². The largest absolute Gasteiger partial charge is 0.377 e. The monoisotopic (exact) mass is 345 g/mol. The molecule has 1 atom stereocenters. The van der Waals surface area contributed by atoms with Gasteiger partial charge in [0.05, 0.1) is 11.9 Å². The lowest BCUT2D eigenvalue weighted by Crippen LogP contribution is -2.15. The molecule has 0 aliphatic rings. The number of rotatable bonds is 5. The van der Waals surface area contributed by atoms with Crippen molar-refractivity contribution in [1.29, 1.82) is 0 Å². The van der Waals surface area contributed by atoms with Gasteiger partial charge in [0.25, 0.3) is 5.91 Å². The number of pyridine rings is 1. The van der Waals surface area contributed by atoms with Crippen molar-refractivity contribution in [2.45, 2.75) is 26.8 Å². The van der Waals surface area contributed by atoms with E-state index in [4.69, 9.17) is 0 Å². The zero-order chi connectivity index (χ0) is 18.5. The molecule has 4 heteroatoms. The molecule has 0 aliphatic heterocycles. The topological polar surface area (TPSA) is 54.0 Å². The maximum Gasteiger partial charge on any atom is 0.274 e. The predicted molar refractivity (Wildman–Crippen MR) is 107 cm³/mol. The van der Waals surface area contributed by atoms with Gasteiger partial charge >= 0.3 is 0 Å². The summed E-state index contributed by atoms with van der Waals surface area (Å²) in [6, 6.07) is 19.8. The number of nitrogens with zero attached hydrogens (tertiary/aromatic N) is 1. The SMILES string of the molecule is Cc1cccc(NC(=O)c2ccc(NC(C)c3ccccc3)cn2)c1C. The van der Waals surface area contributed by atoms with E-state index in [1.165, 1.54) is 5.56 Å². The van der Waals surface area contributed by atoms with Gasteiger partial charge in [-0.05, 0) is 55.7 Å². The van der Waals surface area contributed by atoms with Crippen molar-refractivity contribution in [2.24, 2.45) is 0 Å². The first-order chi connectivity index (χ1) is 12.5. The smallest absolute Gasteiger partial charge is 0.274 e. The lowest BCUT2D eigenvalue weighted by atomic mass is 10.1. The number of aromatic nitrogens is 1. The van der Waals surface area contributed by atoms with Crippen LogP contribution in [0.1, 0.15) is 40.1 Å². The number of carbonyl (C=O) groups excluding carboxylic acids is 1. The molecule has 1 aromatic heterocycles. The Bertz CT molecular complexity index is 889. The van der Waals surface area contributed by atoms with Gasteiger partial charge in [-0.1, -0.05) is 42.5 Å². The third-order valence-electron chi connectivity index (χ3n) is 4.53. The fourth-order valence-corrected chi connectivity index (χ4v) is 2.76. The standard InChI is InChI=1S/C22H23N3O/c1-15-8-7-11-20(16(15)2)25-22(26)21-13-12-19(14-23-21)24-17(3)18-9-5-4-6-10-18/h4-14,17,24H,1-3H3,(H,25,26). The second-order valence-electron chi connectivity index (χ2n) is 6.41. The van der Waals surface area contributed by atoms with Crippen LogP contribution < -0.4 is 10.6 Å². The van der Waals surface area contributed by atoms with Crippen LogP contribution in [0, 0.1) is 13.8 Å². The van der Waals surface area contributed by atoms with Crippen molar-refractivity contribution in [1.82, 2.24) is 4.98 Å². The van der Waals surface area contributed by atoms with Crippen molar-refractivity contribution < 1.29 is 4.79 Å². The molecule has 4 nitrogen and oxygen atoms in total. The first kappa shape index (κ1) is 17.7. The highest BCUT2D eigenvalue weighted by molar-refractivity contribution is 6.03. The molecule has 0 spiro atoms. The molecule has 2 N–H and O–H groups in total. The van der Waals surface area contributed by atoms with Gasteiger partial charge < -0.3 is 10.6 Å². The van der Waals surface area contributed by atoms with Crippen LogP contribution >= 0.6 is 0 Å². The molecule has 0 saturated heterocycles. The minimum atomic E-state index is -0.207. The van der Waals surface area contributed by atoms with Gasteiger partial charge in [0.2, 0.25) is 0 Å². The summed E-state index contributed by atoms with van der Waals surface area (Å²) in [5.74, 6) is -0.207. The summed E-state index contributed by atoms with van der Waals surface area (Å²) in [5, 5.41) is 6.33. The van der Waals surface area contributed by atoms with Gasteiger partial charge in [0.1, 0.15) is 5.69 Å². The summed E-state index contributed by atoms with van der Waals surface area (Å²) in [6.07, 6.45) is 1.69. The summed E-state index contributed by atoms with van der Waals surface area (Å²) in [6.45, 7) is 6.12. The molecule has 3 aromatic rings. The molecule has 0 bridgehead atoms. The van der Waals surface area contributed by atoms with E-state index in [-0.39, 0.29) is 11.9 Å². The minimum absolute atomic E-state index is 0.160. The number of amides is 1. The quantitative estimate of drug-likeness (QED) is 0.674. The summed E-state index contributed by atoms with van der Waals surface area (Å²) < 4.78 is 0.